The topological polar surface area (TPSA) is 369 Å². The van der Waals surface area contributed by atoms with Crippen LogP contribution < -0.4 is 46.2 Å². The number of likely N-dealkylation sites (tertiary alicyclic amines) is 1. The minimum Gasteiger partial charge on any atom is -0.481 e. The van der Waals surface area contributed by atoms with Gasteiger partial charge in [0, 0.05) is 138 Å². The molecule has 7 aliphatic carbocycles. The first kappa shape index (κ1) is 94.3. The number of carboxylic acids is 2. The number of methoxy groups -OCH3 is 1. The van der Waals surface area contributed by atoms with E-state index in [1.807, 2.05) is 122 Å². The SMILES string of the molecule is CCCN(CC1CC1)c1cc(C(=O)Cc2ccc(CO)cc2C)ncn1.COC(=O)C(C)(C)NCc1ccc(NC(=O)c2cc(N(CC3CC3)C3CCCCC3)ncn2)cc1.O=C(Nc1ccc(CN2CC(C(=O)O)C2)cc1)c1cc(N(CC2CC2)C2CCCCC2)ncn1.O=C(O)CCNCc1ccc(NC(=O)c2cc(N(CC3CC3)C3CCCCC3)ncn2)cc1. The molecule has 8 N–H and O–H groups in total. The zero-order chi connectivity index (χ0) is 89.9. The number of nitrogens with zero attached hydrogens (tertiary/aromatic N) is 13. The van der Waals surface area contributed by atoms with Crippen LogP contribution in [0, 0.1) is 36.5 Å². The van der Waals surface area contributed by atoms with Gasteiger partial charge in [-0.2, -0.15) is 0 Å². The fraction of sp³-hybridized carbons (Fsp3) is 0.525. The van der Waals surface area contributed by atoms with Gasteiger partial charge in [-0.05, 0) is 211 Å². The second kappa shape index (κ2) is 46.6. The number of hydrogen-bond donors (Lipinski definition) is 8. The Bertz CT molecular complexity index is 4960. The Hall–Kier alpha value is -11.3. The molecule has 1 saturated heterocycles. The molecule has 1 aliphatic heterocycles. The van der Waals surface area contributed by atoms with E-state index in [0.717, 1.165) is 119 Å². The maximum Gasteiger partial charge on any atom is 0.325 e. The van der Waals surface area contributed by atoms with E-state index in [4.69, 9.17) is 14.9 Å². The number of carbonyl (C=O) groups excluding carboxylic acids is 5. The summed E-state index contributed by atoms with van der Waals surface area (Å²) in [5.41, 5.74) is 8.85. The number of ketones is 1. The summed E-state index contributed by atoms with van der Waals surface area (Å²) in [7, 11) is 1.38. The van der Waals surface area contributed by atoms with Gasteiger partial charge in [-0.1, -0.05) is 119 Å². The monoisotopic (exact) mass is 1750 g/mol. The van der Waals surface area contributed by atoms with Crippen LogP contribution in [0.15, 0.2) is 141 Å². The van der Waals surface area contributed by atoms with Gasteiger partial charge in [0.05, 0.1) is 26.1 Å². The van der Waals surface area contributed by atoms with Gasteiger partial charge < -0.3 is 60.9 Å². The quantitative estimate of drug-likeness (QED) is 0.0101. The van der Waals surface area contributed by atoms with Crippen LogP contribution in [0.1, 0.15) is 257 Å². The number of anilines is 7. The molecule has 8 aromatic rings. The Labute approximate surface area is 752 Å². The number of hydrogen-bond acceptors (Lipinski definition) is 24. The molecule has 0 spiro atoms. The number of aliphatic carboxylic acids is 2. The Balaban J connectivity index is 0.000000147. The molecule has 128 heavy (non-hydrogen) atoms. The van der Waals surface area contributed by atoms with E-state index in [9.17, 15) is 38.7 Å². The highest BCUT2D eigenvalue weighted by Gasteiger charge is 2.36. The van der Waals surface area contributed by atoms with Crippen molar-refractivity contribution in [2.75, 3.05) is 95.0 Å². The maximum absolute atomic E-state index is 13.0. The zero-order valence-corrected chi connectivity index (χ0v) is 75.2. The smallest absolute Gasteiger partial charge is 0.325 e. The van der Waals surface area contributed by atoms with Gasteiger partial charge in [-0.25, -0.2) is 39.9 Å². The first-order valence-corrected chi connectivity index (χ1v) is 46.6. The second-order valence-electron chi connectivity index (χ2n) is 36.6. The summed E-state index contributed by atoms with van der Waals surface area (Å²) in [5.74, 6) is 3.59. The molecule has 0 bridgehead atoms. The van der Waals surface area contributed by atoms with Crippen molar-refractivity contribution in [2.24, 2.45) is 29.6 Å². The summed E-state index contributed by atoms with van der Waals surface area (Å²) in [4.78, 5) is 131. The number of aliphatic hydroxyl groups is 1. The maximum atomic E-state index is 13.0. The Morgan fingerprint density at radius 1 is 0.469 bits per heavy atom. The van der Waals surface area contributed by atoms with E-state index in [1.54, 1.807) is 13.8 Å². The summed E-state index contributed by atoms with van der Waals surface area (Å²) in [6.45, 7) is 16.1. The minimum atomic E-state index is -0.817. The molecule has 3 amide bonds. The summed E-state index contributed by atoms with van der Waals surface area (Å²) in [6, 6.07) is 37.3. The number of aryl methyl sites for hydroxylation is 1. The highest BCUT2D eigenvalue weighted by molar-refractivity contribution is 6.05. The third-order valence-corrected chi connectivity index (χ3v) is 25.5. The van der Waals surface area contributed by atoms with E-state index in [1.165, 1.54) is 180 Å². The van der Waals surface area contributed by atoms with E-state index in [2.05, 4.69) is 97.9 Å². The van der Waals surface area contributed by atoms with Crippen molar-refractivity contribution < 1.29 is 53.6 Å². The first-order chi connectivity index (χ1) is 62.1. The largest absolute Gasteiger partial charge is 0.481 e. The lowest BCUT2D eigenvalue weighted by Gasteiger charge is -2.36. The van der Waals surface area contributed by atoms with Crippen LogP contribution in [0.2, 0.25) is 0 Å². The number of carbonyl (C=O) groups is 7. The molecule has 5 heterocycles. The number of ether oxygens (including phenoxy) is 1. The molecule has 0 radical (unpaired) electrons. The molecule has 29 nitrogen and oxygen atoms in total. The molecule has 0 atom stereocenters. The summed E-state index contributed by atoms with van der Waals surface area (Å²) in [6.07, 6.45) is 36.4. The van der Waals surface area contributed by atoms with Crippen LogP contribution in [0.5, 0.6) is 0 Å². The molecule has 16 rings (SSSR count). The average molecular weight is 1750 g/mol. The molecule has 8 aliphatic rings. The van der Waals surface area contributed by atoms with Gasteiger partial charge >= 0.3 is 17.9 Å². The van der Waals surface area contributed by atoms with Gasteiger partial charge in [0.15, 0.2) is 5.78 Å². The van der Waals surface area contributed by atoms with E-state index < -0.39 is 17.5 Å². The normalized spacial score (nSPS) is 16.7. The zero-order valence-electron chi connectivity index (χ0n) is 75.2. The average Bonchev–Trinajstić information content (AvgIpc) is 1.45. The molecule has 7 saturated carbocycles. The summed E-state index contributed by atoms with van der Waals surface area (Å²) in [5, 5.41) is 42.0. The van der Waals surface area contributed by atoms with Crippen LogP contribution in [-0.2, 0) is 51.8 Å². The van der Waals surface area contributed by atoms with Gasteiger partial charge in [-0.15, -0.1) is 0 Å². The second-order valence-corrected chi connectivity index (χ2v) is 36.6. The van der Waals surface area contributed by atoms with Crippen LogP contribution in [0.3, 0.4) is 0 Å². The number of carboxylic acid groups (broad SMARTS) is 2. The van der Waals surface area contributed by atoms with Crippen molar-refractivity contribution >= 4 is 81.7 Å². The molecular formula is C99H130N18O11. The number of benzene rings is 4. The fourth-order valence-electron chi connectivity index (χ4n) is 17.1. The van der Waals surface area contributed by atoms with E-state index in [0.29, 0.717) is 104 Å². The first-order valence-electron chi connectivity index (χ1n) is 46.6. The number of esters is 1. The molecule has 29 heteroatoms. The molecule has 682 valence electrons. The van der Waals surface area contributed by atoms with Crippen molar-refractivity contribution in [3.05, 3.63) is 197 Å². The molecule has 4 aromatic carbocycles. The predicted molar refractivity (Wildman–Crippen MR) is 496 cm³/mol. The Morgan fingerprint density at radius 3 is 1.25 bits per heavy atom. The Morgan fingerprint density at radius 2 is 0.859 bits per heavy atom. The van der Waals surface area contributed by atoms with Crippen LogP contribution in [-0.4, -0.2) is 185 Å². The summed E-state index contributed by atoms with van der Waals surface area (Å²) >= 11 is 0. The summed E-state index contributed by atoms with van der Waals surface area (Å²) < 4.78 is 4.83. The van der Waals surface area contributed by atoms with Crippen molar-refractivity contribution in [2.45, 2.75) is 245 Å². The van der Waals surface area contributed by atoms with Gasteiger partial charge in [0.1, 0.15) is 76.9 Å². The molecular weight excluding hydrogens is 1620 g/mol. The van der Waals surface area contributed by atoms with Gasteiger partial charge in [0.25, 0.3) is 17.7 Å². The number of Topliss-reactive ketones (excluding diaryl/α,β-unsaturated/α-hetero) is 1. The van der Waals surface area contributed by atoms with Crippen LogP contribution in [0.4, 0.5) is 40.3 Å². The van der Waals surface area contributed by atoms with Gasteiger partial charge in [-0.3, -0.25) is 43.8 Å². The standard InChI is InChI=1S/C27H37N5O3.C26H33N5O3.C25H33N5O3.C21H27N3O2/c1-27(2,26(34)35-3)30-16-19-11-13-21(14-12-19)31-25(33)23-15-24(29-18-28-23)32(17-20-9-10-20)22-7-5-4-6-8-22;32-25(29-21-10-8-18(9-11-21)13-30-15-20(16-30)26(33)34)23-12-24(28-17-27-23)31(14-19-6-7-19)22-4-2-1-3-5-22;31-24(32)12-13-26-15-18-8-10-20(11-9-18)29-25(33)22-14-23(28-17-27-22)30(16-19-6-7-19)21-4-2-1-3-5-21;1-3-8-24(12-16-4-5-16)21-11-19(22-14-23-21)20(26)10-18-7-6-17(13-25)9-15(18)2/h11-15,18,20,22,30H,4-10,16-17H2,1-3H3,(H,31,33);8-12,17,19-20,22H,1-7,13-16H2,(H,29,32)(H,33,34);8-11,14,17,19,21,26H,1-7,12-13,15-16H2,(H,29,33)(H,31,32);6-7,9,11,14,16,25H,3-5,8,10,12-13H2,1-2H3. The lowest BCUT2D eigenvalue weighted by Crippen LogP contribution is -2.49. The van der Waals surface area contributed by atoms with Crippen LogP contribution >= 0.6 is 0 Å². The molecule has 4 aromatic heterocycles. The Kier molecular flexibility index (Phi) is 34.4. The number of amides is 3. The van der Waals surface area contributed by atoms with Crippen molar-refractivity contribution in [3.63, 3.8) is 0 Å². The van der Waals surface area contributed by atoms with Gasteiger partial charge in [0.2, 0.25) is 0 Å². The third kappa shape index (κ3) is 29.1. The van der Waals surface area contributed by atoms with Crippen LogP contribution in [0.25, 0.3) is 0 Å². The highest BCUT2D eigenvalue weighted by Crippen LogP contribution is 2.39. The third-order valence-electron chi connectivity index (χ3n) is 25.5. The van der Waals surface area contributed by atoms with Crippen molar-refractivity contribution in [1.82, 2.24) is 55.4 Å². The highest BCUT2D eigenvalue weighted by atomic mass is 16.5. The van der Waals surface area contributed by atoms with Crippen molar-refractivity contribution in [1.29, 1.82) is 0 Å². The van der Waals surface area contributed by atoms with Crippen molar-refractivity contribution in [3.8, 4) is 0 Å². The van der Waals surface area contributed by atoms with E-state index >= 15 is 0 Å². The number of nitrogens with one attached hydrogen (secondary N) is 5. The lowest BCUT2D eigenvalue weighted by molar-refractivity contribution is -0.148. The number of aromatic nitrogens is 8. The predicted octanol–water partition coefficient (Wildman–Crippen LogP) is 15.3. The molecule has 8 fully saturated rings. The minimum absolute atomic E-state index is 0.00336. The van der Waals surface area contributed by atoms with E-state index in [-0.39, 0.29) is 48.4 Å². The number of rotatable bonds is 39. The lowest BCUT2D eigenvalue weighted by atomic mass is 9.94. The number of aliphatic hydroxyl groups excluding tert-OH is 1. The fourth-order valence-corrected chi connectivity index (χ4v) is 17.1. The molecule has 0 unspecified atom stereocenters.